The fourth-order valence-electron chi connectivity index (χ4n) is 5.65. The van der Waals surface area contributed by atoms with Gasteiger partial charge in [0.25, 0.3) is 0 Å². The van der Waals surface area contributed by atoms with Crippen molar-refractivity contribution >= 4 is 46.8 Å². The average molecular weight is 627 g/mol. The lowest BCUT2D eigenvalue weighted by Gasteiger charge is -2.40. The number of anilines is 2. The Hall–Kier alpha value is -3.52. The third-order valence-electron chi connectivity index (χ3n) is 7.74. The fourth-order valence-corrected chi connectivity index (χ4v) is 6.58. The first-order chi connectivity index (χ1) is 21.2. The summed E-state index contributed by atoms with van der Waals surface area (Å²) in [6.45, 7) is 13.0. The van der Waals surface area contributed by atoms with Gasteiger partial charge < -0.3 is 25.1 Å². The van der Waals surface area contributed by atoms with Crippen LogP contribution in [0.3, 0.4) is 0 Å². The summed E-state index contributed by atoms with van der Waals surface area (Å²) in [5.74, 6) is 0.925. The van der Waals surface area contributed by atoms with Gasteiger partial charge in [-0.2, -0.15) is 0 Å². The Labute approximate surface area is 261 Å². The monoisotopic (exact) mass is 626 g/mol. The first kappa shape index (κ1) is 31.9. The Morgan fingerprint density at radius 1 is 1.30 bits per heavy atom. The van der Waals surface area contributed by atoms with E-state index < -0.39 is 11.6 Å². The third-order valence-corrected chi connectivity index (χ3v) is 8.69. The van der Waals surface area contributed by atoms with Crippen molar-refractivity contribution in [2.45, 2.75) is 45.7 Å². The molecule has 1 aromatic heterocycles. The van der Waals surface area contributed by atoms with Gasteiger partial charge in [-0.15, -0.1) is 0 Å². The standard InChI is InChI=1S/C31H40F2N8O2S/c1-20(2)41-21(3)38-31-25(32)13-22(14-28(31)41)30(26(33)16-35-4)37-17-36-23-5-6-27(34)29(15-23)43-19-40-18-39(9-12-44-40)24-7-10-42-11-8-24/h5-6,13-16,20,24,36H,4,7-12,17-19,34H2,1-3H3/b26-16+,37-30-. The minimum atomic E-state index is -0.733. The lowest BCUT2D eigenvalue weighted by Crippen LogP contribution is -2.49. The molecule has 2 saturated heterocycles. The van der Waals surface area contributed by atoms with Crippen LogP contribution in [-0.2, 0) is 4.74 Å². The maximum Gasteiger partial charge on any atom is 0.167 e. The molecule has 2 aliphatic heterocycles. The van der Waals surface area contributed by atoms with Gasteiger partial charge in [-0.3, -0.25) is 14.9 Å². The van der Waals surface area contributed by atoms with Crippen molar-refractivity contribution in [2.75, 3.05) is 56.6 Å². The molecule has 0 spiro atoms. The number of halogens is 2. The number of imidazole rings is 1. The van der Waals surface area contributed by atoms with Gasteiger partial charge >= 0.3 is 0 Å². The summed E-state index contributed by atoms with van der Waals surface area (Å²) in [5, 5.41) is 3.17. The number of rotatable bonds is 11. The van der Waals surface area contributed by atoms with Crippen LogP contribution in [0.1, 0.15) is 44.1 Å². The van der Waals surface area contributed by atoms with Crippen LogP contribution in [0.15, 0.2) is 52.3 Å². The smallest absolute Gasteiger partial charge is 0.167 e. The largest absolute Gasteiger partial charge is 0.475 e. The Morgan fingerprint density at radius 2 is 2.09 bits per heavy atom. The van der Waals surface area contributed by atoms with Crippen molar-refractivity contribution in [2.24, 2.45) is 9.98 Å². The number of aliphatic imine (C=N–C) groups is 2. The number of benzene rings is 2. The number of ether oxygens (including phenoxy) is 2. The van der Waals surface area contributed by atoms with Crippen molar-refractivity contribution in [1.82, 2.24) is 18.8 Å². The van der Waals surface area contributed by atoms with Crippen LogP contribution in [0.25, 0.3) is 11.0 Å². The second-order valence-corrected chi connectivity index (χ2v) is 12.3. The van der Waals surface area contributed by atoms with E-state index >= 15 is 8.78 Å². The first-order valence-corrected chi connectivity index (χ1v) is 15.7. The molecule has 2 aromatic carbocycles. The Balaban J connectivity index is 1.29. The molecule has 2 aliphatic rings. The SMILES string of the molecule is C=N/C=C(F)\C(=N/CNc1ccc(N)c(OCN2CN(C3CCOCC3)CCS2)c1)c1cc(F)c2nc(C)n(C(C)C)c2c1. The summed E-state index contributed by atoms with van der Waals surface area (Å²) in [4.78, 5) is 14.9. The molecule has 0 atom stereocenters. The van der Waals surface area contributed by atoms with Crippen molar-refractivity contribution in [3.63, 3.8) is 0 Å². The summed E-state index contributed by atoms with van der Waals surface area (Å²) < 4.78 is 46.1. The predicted octanol–water partition coefficient (Wildman–Crippen LogP) is 5.76. The Morgan fingerprint density at radius 3 is 2.84 bits per heavy atom. The highest BCUT2D eigenvalue weighted by molar-refractivity contribution is 7.97. The number of nitrogen functional groups attached to an aromatic ring is 1. The number of hydrogen-bond acceptors (Lipinski definition) is 10. The average Bonchev–Trinajstić information content (AvgIpc) is 3.36. The number of aromatic nitrogens is 2. The van der Waals surface area contributed by atoms with E-state index in [2.05, 4.69) is 36.2 Å². The molecule has 0 saturated carbocycles. The van der Waals surface area contributed by atoms with Crippen molar-refractivity contribution < 1.29 is 18.3 Å². The molecule has 0 amide bonds. The summed E-state index contributed by atoms with van der Waals surface area (Å²) in [5.41, 5.74) is 8.44. The molecule has 10 nitrogen and oxygen atoms in total. The maximum absolute atomic E-state index is 15.2. The highest BCUT2D eigenvalue weighted by Gasteiger charge is 2.27. The number of hydrogen-bond donors (Lipinski definition) is 2. The molecule has 2 fully saturated rings. The fraction of sp³-hybridized carbons (Fsp3) is 0.452. The molecule has 0 unspecified atom stereocenters. The second kappa shape index (κ2) is 14.5. The number of aryl methyl sites for hydroxylation is 1. The van der Waals surface area contributed by atoms with Gasteiger partial charge in [-0.25, -0.2) is 18.1 Å². The first-order valence-electron chi connectivity index (χ1n) is 14.8. The topological polar surface area (TPSA) is 106 Å². The van der Waals surface area contributed by atoms with Gasteiger partial charge in [-0.05, 0) is 64.6 Å². The molecule has 0 aliphatic carbocycles. The van der Waals surface area contributed by atoms with E-state index in [1.807, 2.05) is 25.3 Å². The van der Waals surface area contributed by atoms with E-state index in [-0.39, 0.29) is 29.5 Å². The van der Waals surface area contributed by atoms with Crippen molar-refractivity contribution in [3.05, 3.63) is 59.6 Å². The maximum atomic E-state index is 15.2. The van der Waals surface area contributed by atoms with Crippen LogP contribution in [0, 0.1) is 12.7 Å². The molecule has 3 heterocycles. The number of nitrogens with two attached hydrogens (primary N) is 1. The van der Waals surface area contributed by atoms with Gasteiger partial charge in [0.15, 0.2) is 18.4 Å². The van der Waals surface area contributed by atoms with Crippen LogP contribution in [0.2, 0.25) is 0 Å². The van der Waals surface area contributed by atoms with Crippen LogP contribution in [0.4, 0.5) is 20.2 Å². The molecular weight excluding hydrogens is 586 g/mol. The van der Waals surface area contributed by atoms with E-state index in [1.165, 1.54) is 6.07 Å². The molecule has 0 bridgehead atoms. The number of nitrogens with zero attached hydrogens (tertiary/aromatic N) is 6. The lowest BCUT2D eigenvalue weighted by atomic mass is 10.1. The summed E-state index contributed by atoms with van der Waals surface area (Å²) in [6.07, 6.45) is 3.07. The van der Waals surface area contributed by atoms with E-state index in [0.29, 0.717) is 41.2 Å². The quantitative estimate of drug-likeness (QED) is 0.157. The van der Waals surface area contributed by atoms with E-state index in [4.69, 9.17) is 15.2 Å². The number of nitrogens with one attached hydrogen (secondary N) is 1. The van der Waals surface area contributed by atoms with E-state index in [0.717, 1.165) is 51.2 Å². The Bertz CT molecular complexity index is 1540. The van der Waals surface area contributed by atoms with Crippen molar-refractivity contribution in [3.8, 4) is 5.75 Å². The predicted molar refractivity (Wildman–Crippen MR) is 175 cm³/mol. The summed E-state index contributed by atoms with van der Waals surface area (Å²) >= 11 is 1.76. The highest BCUT2D eigenvalue weighted by atomic mass is 32.2. The van der Waals surface area contributed by atoms with Crippen LogP contribution >= 0.6 is 11.9 Å². The Kier molecular flexibility index (Phi) is 10.5. The molecule has 44 heavy (non-hydrogen) atoms. The van der Waals surface area contributed by atoms with Gasteiger partial charge in [-0.1, -0.05) is 11.9 Å². The molecule has 3 N–H and O–H groups in total. The zero-order valence-electron chi connectivity index (χ0n) is 25.4. The molecule has 13 heteroatoms. The summed E-state index contributed by atoms with van der Waals surface area (Å²) in [6, 6.07) is 8.86. The molecule has 3 aromatic rings. The van der Waals surface area contributed by atoms with Crippen LogP contribution < -0.4 is 15.8 Å². The van der Waals surface area contributed by atoms with Crippen LogP contribution in [0.5, 0.6) is 5.75 Å². The second-order valence-electron chi connectivity index (χ2n) is 11.1. The third kappa shape index (κ3) is 7.40. The normalized spacial score (nSPS) is 17.9. The van der Waals surface area contributed by atoms with Crippen LogP contribution in [-0.4, -0.2) is 82.8 Å². The van der Waals surface area contributed by atoms with Gasteiger partial charge in [0, 0.05) is 54.9 Å². The summed E-state index contributed by atoms with van der Waals surface area (Å²) in [7, 11) is 0. The highest BCUT2D eigenvalue weighted by Crippen LogP contribution is 2.29. The molecule has 236 valence electrons. The molecule has 5 rings (SSSR count). The number of fused-ring (bicyclic) bond motifs is 1. The van der Waals surface area contributed by atoms with Gasteiger partial charge in [0.2, 0.25) is 0 Å². The lowest BCUT2D eigenvalue weighted by molar-refractivity contribution is 0.0159. The molecule has 0 radical (unpaired) electrons. The molecular formula is C31H40F2N8O2S. The zero-order chi connectivity index (χ0) is 31.2. The van der Waals surface area contributed by atoms with Gasteiger partial charge in [0.1, 0.15) is 29.5 Å². The van der Waals surface area contributed by atoms with E-state index in [1.54, 1.807) is 36.2 Å². The minimum Gasteiger partial charge on any atom is -0.475 e. The van der Waals surface area contributed by atoms with E-state index in [9.17, 15) is 0 Å². The minimum absolute atomic E-state index is 0.00125. The van der Waals surface area contributed by atoms with Gasteiger partial charge in [0.05, 0.1) is 24.1 Å². The zero-order valence-corrected chi connectivity index (χ0v) is 26.2. The van der Waals surface area contributed by atoms with Crippen molar-refractivity contribution in [1.29, 1.82) is 0 Å². The number of allylic oxidation sites excluding steroid dienone is 1.